The molecule has 1 aromatic carbocycles. The number of likely N-dealkylation sites (N-methyl/N-ethyl adjacent to an activating group) is 2. The van der Waals surface area contributed by atoms with Crippen molar-refractivity contribution in [2.45, 2.75) is 27.3 Å². The normalized spacial score (nSPS) is 10.4. The fraction of sp³-hybridized carbons (Fsp3) is 0.500. The molecule has 1 amide bonds. The van der Waals surface area contributed by atoms with Gasteiger partial charge in [-0.1, -0.05) is 12.1 Å². The maximum Gasteiger partial charge on any atom is 0.236 e. The summed E-state index contributed by atoms with van der Waals surface area (Å²) in [5.74, 6) is 0.116. The lowest BCUT2D eigenvalue weighted by Crippen LogP contribution is -2.33. The molecule has 1 aromatic rings. The van der Waals surface area contributed by atoms with Crippen molar-refractivity contribution in [2.75, 3.05) is 20.6 Å². The van der Waals surface area contributed by atoms with Crippen LogP contribution in [0.3, 0.4) is 0 Å². The summed E-state index contributed by atoms with van der Waals surface area (Å²) < 4.78 is 0. The third-order valence-corrected chi connectivity index (χ3v) is 3.33. The van der Waals surface area contributed by atoms with E-state index in [2.05, 4.69) is 38.2 Å². The predicted molar refractivity (Wildman–Crippen MR) is 71.1 cm³/mol. The van der Waals surface area contributed by atoms with Gasteiger partial charge in [0.15, 0.2) is 0 Å². The summed E-state index contributed by atoms with van der Waals surface area (Å²) in [4.78, 5) is 13.4. The van der Waals surface area contributed by atoms with E-state index in [4.69, 9.17) is 0 Å². The second-order valence-electron chi connectivity index (χ2n) is 4.57. The number of carbonyl (C=O) groups is 1. The number of hydrogen-bond donors (Lipinski definition) is 1. The zero-order valence-electron chi connectivity index (χ0n) is 11.4. The Kier molecular flexibility index (Phi) is 4.70. The summed E-state index contributed by atoms with van der Waals surface area (Å²) in [7, 11) is 3.63. The van der Waals surface area contributed by atoms with Gasteiger partial charge in [0.1, 0.15) is 0 Å². The molecule has 0 aliphatic heterocycles. The van der Waals surface area contributed by atoms with Crippen molar-refractivity contribution in [3.8, 4) is 0 Å². The summed E-state index contributed by atoms with van der Waals surface area (Å²) in [6.45, 7) is 7.42. The molecule has 0 heterocycles. The van der Waals surface area contributed by atoms with Gasteiger partial charge in [-0.05, 0) is 50.1 Å². The number of carbonyl (C=O) groups excluding carboxylic acids is 1. The molecule has 0 unspecified atom stereocenters. The maximum atomic E-state index is 11.7. The van der Waals surface area contributed by atoms with E-state index in [-0.39, 0.29) is 5.91 Å². The van der Waals surface area contributed by atoms with Crippen LogP contribution in [0.5, 0.6) is 0 Å². The van der Waals surface area contributed by atoms with Crippen LogP contribution in [-0.2, 0) is 11.3 Å². The van der Waals surface area contributed by atoms with Gasteiger partial charge in [-0.3, -0.25) is 4.79 Å². The number of hydrogen-bond acceptors (Lipinski definition) is 2. The fourth-order valence-electron chi connectivity index (χ4n) is 1.81. The summed E-state index contributed by atoms with van der Waals surface area (Å²) in [5, 5.41) is 2.88. The van der Waals surface area contributed by atoms with Crippen LogP contribution in [0.1, 0.15) is 22.3 Å². The van der Waals surface area contributed by atoms with Crippen molar-refractivity contribution < 1.29 is 4.79 Å². The van der Waals surface area contributed by atoms with E-state index in [0.717, 1.165) is 0 Å². The summed E-state index contributed by atoms with van der Waals surface area (Å²) >= 11 is 0. The standard InChI is InChI=1S/C14H22N2O/c1-10-6-7-13(12(3)11(10)2)9-16(5)14(17)8-15-4/h6-7,15H,8-9H2,1-5H3. The molecule has 3 heteroatoms. The van der Waals surface area contributed by atoms with E-state index in [1.54, 1.807) is 11.9 Å². The Balaban J connectivity index is 2.82. The molecule has 94 valence electrons. The van der Waals surface area contributed by atoms with Crippen molar-refractivity contribution >= 4 is 5.91 Å². The largest absolute Gasteiger partial charge is 0.340 e. The molecule has 3 nitrogen and oxygen atoms in total. The van der Waals surface area contributed by atoms with E-state index in [9.17, 15) is 4.79 Å². The molecule has 0 atom stereocenters. The van der Waals surface area contributed by atoms with Crippen LogP contribution in [-0.4, -0.2) is 31.4 Å². The van der Waals surface area contributed by atoms with Crippen molar-refractivity contribution in [2.24, 2.45) is 0 Å². The van der Waals surface area contributed by atoms with E-state index in [0.29, 0.717) is 13.1 Å². The van der Waals surface area contributed by atoms with Gasteiger partial charge in [-0.2, -0.15) is 0 Å². The lowest BCUT2D eigenvalue weighted by Gasteiger charge is -2.19. The van der Waals surface area contributed by atoms with Gasteiger partial charge in [0.25, 0.3) is 0 Å². The van der Waals surface area contributed by atoms with Gasteiger partial charge in [-0.15, -0.1) is 0 Å². The minimum Gasteiger partial charge on any atom is -0.340 e. The first-order valence-electron chi connectivity index (χ1n) is 5.91. The highest BCUT2D eigenvalue weighted by Gasteiger charge is 2.10. The Hall–Kier alpha value is -1.35. The smallest absolute Gasteiger partial charge is 0.236 e. The predicted octanol–water partition coefficient (Wildman–Crippen LogP) is 1.79. The van der Waals surface area contributed by atoms with Crippen LogP contribution in [0.25, 0.3) is 0 Å². The zero-order chi connectivity index (χ0) is 13.0. The highest BCUT2D eigenvalue weighted by molar-refractivity contribution is 5.77. The number of nitrogens with one attached hydrogen (secondary N) is 1. The molecule has 0 aromatic heterocycles. The van der Waals surface area contributed by atoms with Crippen molar-refractivity contribution in [1.29, 1.82) is 0 Å². The molecule has 1 N–H and O–H groups in total. The Bertz CT molecular complexity index is 413. The molecule has 0 radical (unpaired) electrons. The number of amides is 1. The second-order valence-corrected chi connectivity index (χ2v) is 4.57. The van der Waals surface area contributed by atoms with Gasteiger partial charge in [0, 0.05) is 13.6 Å². The zero-order valence-corrected chi connectivity index (χ0v) is 11.4. The monoisotopic (exact) mass is 234 g/mol. The number of rotatable bonds is 4. The second kappa shape index (κ2) is 5.82. The average Bonchev–Trinajstić information content (AvgIpc) is 2.30. The number of aryl methyl sites for hydroxylation is 1. The average molecular weight is 234 g/mol. The molecule has 0 bridgehead atoms. The molecule has 17 heavy (non-hydrogen) atoms. The molecular weight excluding hydrogens is 212 g/mol. The fourth-order valence-corrected chi connectivity index (χ4v) is 1.81. The van der Waals surface area contributed by atoms with Crippen LogP contribution in [0.2, 0.25) is 0 Å². The minimum atomic E-state index is 0.116. The first kappa shape index (κ1) is 13.7. The molecule has 1 rings (SSSR count). The molecule has 0 aliphatic rings. The van der Waals surface area contributed by atoms with E-state index >= 15 is 0 Å². The van der Waals surface area contributed by atoms with Crippen LogP contribution in [0.15, 0.2) is 12.1 Å². The van der Waals surface area contributed by atoms with E-state index in [1.807, 2.05) is 7.05 Å². The number of nitrogens with zero attached hydrogens (tertiary/aromatic N) is 1. The summed E-state index contributed by atoms with van der Waals surface area (Å²) in [6, 6.07) is 4.23. The third kappa shape index (κ3) is 3.30. The van der Waals surface area contributed by atoms with Crippen LogP contribution >= 0.6 is 0 Å². The quantitative estimate of drug-likeness (QED) is 0.861. The highest BCUT2D eigenvalue weighted by Crippen LogP contribution is 2.18. The maximum absolute atomic E-state index is 11.7. The Morgan fingerprint density at radius 2 is 1.88 bits per heavy atom. The Morgan fingerprint density at radius 1 is 1.24 bits per heavy atom. The van der Waals surface area contributed by atoms with E-state index < -0.39 is 0 Å². The van der Waals surface area contributed by atoms with E-state index in [1.165, 1.54) is 22.3 Å². The van der Waals surface area contributed by atoms with Gasteiger partial charge in [-0.25, -0.2) is 0 Å². The molecule has 0 fully saturated rings. The highest BCUT2D eigenvalue weighted by atomic mass is 16.2. The topological polar surface area (TPSA) is 32.3 Å². The Morgan fingerprint density at radius 3 is 2.47 bits per heavy atom. The molecule has 0 aliphatic carbocycles. The lowest BCUT2D eigenvalue weighted by atomic mass is 9.98. The van der Waals surface area contributed by atoms with Crippen LogP contribution in [0, 0.1) is 20.8 Å². The van der Waals surface area contributed by atoms with Gasteiger partial charge in [0.05, 0.1) is 6.54 Å². The first-order chi connectivity index (χ1) is 7.97. The van der Waals surface area contributed by atoms with Crippen LogP contribution < -0.4 is 5.32 Å². The SMILES string of the molecule is CNCC(=O)N(C)Cc1ccc(C)c(C)c1C. The van der Waals surface area contributed by atoms with Crippen LogP contribution in [0.4, 0.5) is 0 Å². The van der Waals surface area contributed by atoms with Crippen molar-refractivity contribution in [3.63, 3.8) is 0 Å². The van der Waals surface area contributed by atoms with Gasteiger partial charge < -0.3 is 10.2 Å². The summed E-state index contributed by atoms with van der Waals surface area (Å²) in [6.07, 6.45) is 0. The molecular formula is C14H22N2O. The third-order valence-electron chi connectivity index (χ3n) is 3.33. The van der Waals surface area contributed by atoms with Gasteiger partial charge in [0.2, 0.25) is 5.91 Å². The molecule has 0 saturated heterocycles. The molecule has 0 saturated carbocycles. The van der Waals surface area contributed by atoms with Crippen molar-refractivity contribution in [1.82, 2.24) is 10.2 Å². The lowest BCUT2D eigenvalue weighted by molar-refractivity contribution is -0.129. The van der Waals surface area contributed by atoms with Crippen molar-refractivity contribution in [3.05, 3.63) is 34.4 Å². The summed E-state index contributed by atoms with van der Waals surface area (Å²) in [5.41, 5.74) is 5.13. The molecule has 0 spiro atoms. The Labute approximate surface area is 104 Å². The van der Waals surface area contributed by atoms with Gasteiger partial charge >= 0.3 is 0 Å². The number of benzene rings is 1. The minimum absolute atomic E-state index is 0.116. The first-order valence-corrected chi connectivity index (χ1v) is 5.91.